The first kappa shape index (κ1) is 39.6. The summed E-state index contributed by atoms with van der Waals surface area (Å²) >= 11 is 1.47. The molecule has 0 aliphatic carbocycles. The Morgan fingerprint density at radius 1 is 0.750 bits per heavy atom. The fourth-order valence-electron chi connectivity index (χ4n) is 0.321. The smallest absolute Gasteiger partial charge is 0.172 e. The molecule has 0 fully saturated rings. The average Bonchev–Trinajstić information content (AvgIpc) is 2.23. The number of rotatable bonds is 0. The second-order valence-corrected chi connectivity index (χ2v) is 0.962. The van der Waals surface area contributed by atoms with Crippen molar-refractivity contribution in [1.82, 2.24) is 0 Å². The first-order chi connectivity index (χ1) is 3.50. The SMILES string of the molecule is [CH3-].[CH3-].[CH3-].[CH3-].[CH3-].[Cl][Ir+2].c1cc[cH-]c1. The summed E-state index contributed by atoms with van der Waals surface area (Å²) < 4.78 is 0. The summed E-state index contributed by atoms with van der Waals surface area (Å²) in [5, 5.41) is 0. The number of hydrogen-bond acceptors (Lipinski definition) is 0. The van der Waals surface area contributed by atoms with E-state index in [4.69, 9.17) is 0 Å². The molecule has 0 aliphatic heterocycles. The van der Waals surface area contributed by atoms with Gasteiger partial charge in [-0.15, -0.1) is 0 Å². The van der Waals surface area contributed by atoms with Crippen molar-refractivity contribution in [3.63, 3.8) is 0 Å². The van der Waals surface area contributed by atoms with Crippen LogP contribution in [0.2, 0.25) is 0 Å². The summed E-state index contributed by atoms with van der Waals surface area (Å²) in [4.78, 5) is 0. The van der Waals surface area contributed by atoms with Crippen LogP contribution in [0.3, 0.4) is 0 Å². The van der Waals surface area contributed by atoms with E-state index in [2.05, 4.69) is 9.58 Å². The van der Waals surface area contributed by atoms with Crippen molar-refractivity contribution >= 4 is 9.58 Å². The predicted molar refractivity (Wildman–Crippen MR) is 60.0 cm³/mol. The molecule has 0 atom stereocenters. The molecule has 0 heterocycles. The van der Waals surface area contributed by atoms with E-state index in [9.17, 15) is 0 Å². The van der Waals surface area contributed by atoms with Gasteiger partial charge < -0.3 is 37.1 Å². The van der Waals surface area contributed by atoms with Gasteiger partial charge in [-0.3, -0.25) is 0 Å². The molecule has 0 amide bonds. The Kier molecular flexibility index (Phi) is 141. The van der Waals surface area contributed by atoms with Crippen LogP contribution < -0.4 is 0 Å². The van der Waals surface area contributed by atoms with E-state index >= 15 is 0 Å². The van der Waals surface area contributed by atoms with Crippen LogP contribution in [0.1, 0.15) is 0 Å². The molecule has 2 heteroatoms. The second-order valence-electron chi connectivity index (χ2n) is 0.962. The summed E-state index contributed by atoms with van der Waals surface area (Å²) in [5.41, 5.74) is 0. The minimum atomic E-state index is 0. The van der Waals surface area contributed by atoms with Crippen molar-refractivity contribution in [2.24, 2.45) is 0 Å². The third kappa shape index (κ3) is 31.7. The van der Waals surface area contributed by atoms with Gasteiger partial charge in [0.2, 0.25) is 0 Å². The Morgan fingerprint density at radius 2 is 1.00 bits per heavy atom. The standard InChI is InChI=1S/C5H5.5CH3.ClH.Ir/c1-2-4-5-3-1;;;;;;;/h1-5H;5*1H3;1H;/q6*-1;;+3/p-1. The zero-order valence-corrected chi connectivity index (χ0v) is 11.7. The monoisotopic (exact) mass is 368 g/mol. The maximum absolute atomic E-state index is 4.64. The third-order valence-electron chi connectivity index (χ3n) is 0.556. The Labute approximate surface area is 94.9 Å². The average molecular weight is 368 g/mol. The summed E-state index contributed by atoms with van der Waals surface area (Å²) in [6.45, 7) is 0. The van der Waals surface area contributed by atoms with Crippen molar-refractivity contribution in [2.45, 2.75) is 0 Å². The normalized spacial score (nSPS) is 3.83. The molecule has 0 bridgehead atoms. The molecule has 0 aromatic heterocycles. The van der Waals surface area contributed by atoms with Crippen LogP contribution in [-0.4, -0.2) is 0 Å². The first-order valence-electron chi connectivity index (χ1n) is 1.79. The molecule has 0 saturated heterocycles. The molecule has 1 aromatic rings. The van der Waals surface area contributed by atoms with Gasteiger partial charge in [-0.25, -0.2) is 12.1 Å². The van der Waals surface area contributed by atoms with Crippen LogP contribution in [0.5, 0.6) is 0 Å². The first-order valence-corrected chi connectivity index (χ1v) is 4.76. The van der Waals surface area contributed by atoms with E-state index in [1.54, 1.807) is 0 Å². The number of halogens is 1. The minimum Gasteiger partial charge on any atom is -0.214 e. The summed E-state index contributed by atoms with van der Waals surface area (Å²) in [6, 6.07) is 10.0. The summed E-state index contributed by atoms with van der Waals surface area (Å²) in [7, 11) is 4.64. The van der Waals surface area contributed by atoms with Crippen molar-refractivity contribution in [2.75, 3.05) is 0 Å². The second kappa shape index (κ2) is 42.7. The Morgan fingerprint density at radius 3 is 1.08 bits per heavy atom. The quantitative estimate of drug-likeness (QED) is 0.598. The van der Waals surface area contributed by atoms with Crippen LogP contribution in [0.15, 0.2) is 30.3 Å². The predicted octanol–water partition coefficient (Wildman–Crippen LogP) is 4.34. The topological polar surface area (TPSA) is 0 Å². The van der Waals surface area contributed by atoms with Gasteiger partial charge in [0.25, 0.3) is 0 Å². The fraction of sp³-hybridized carbons (Fsp3) is 0. The molecule has 1 rings (SSSR count). The third-order valence-corrected chi connectivity index (χ3v) is 0.556. The molecule has 12 heavy (non-hydrogen) atoms. The molecule has 0 aliphatic rings. The summed E-state index contributed by atoms with van der Waals surface area (Å²) in [6.07, 6.45) is 0. The van der Waals surface area contributed by atoms with Gasteiger partial charge >= 0.3 is 27.5 Å². The Hall–Kier alpha value is 0.289. The van der Waals surface area contributed by atoms with Crippen molar-refractivity contribution in [3.8, 4) is 0 Å². The van der Waals surface area contributed by atoms with Gasteiger partial charge in [-0.2, -0.15) is 18.2 Å². The van der Waals surface area contributed by atoms with Gasteiger partial charge in [0.15, 0.2) is 0 Å². The molecular formula is C10H20ClIr-4. The van der Waals surface area contributed by atoms with E-state index in [1.165, 1.54) is 17.9 Å². The fourth-order valence-corrected chi connectivity index (χ4v) is 0.321. The van der Waals surface area contributed by atoms with Gasteiger partial charge in [-0.05, 0) is 0 Å². The van der Waals surface area contributed by atoms with Crippen LogP contribution in [0.4, 0.5) is 0 Å². The van der Waals surface area contributed by atoms with Crippen LogP contribution in [0.25, 0.3) is 0 Å². The molecule has 0 saturated carbocycles. The zero-order valence-electron chi connectivity index (χ0n) is 8.60. The van der Waals surface area contributed by atoms with Crippen molar-refractivity contribution < 1.29 is 17.9 Å². The summed E-state index contributed by atoms with van der Waals surface area (Å²) in [5.74, 6) is 0. The molecule has 0 radical (unpaired) electrons. The molecule has 1 aromatic carbocycles. The van der Waals surface area contributed by atoms with E-state index in [0.29, 0.717) is 0 Å². The molecular weight excluding hydrogens is 348 g/mol. The molecule has 0 nitrogen and oxygen atoms in total. The van der Waals surface area contributed by atoms with E-state index in [-0.39, 0.29) is 37.1 Å². The van der Waals surface area contributed by atoms with Gasteiger partial charge in [-0.1, -0.05) is 0 Å². The van der Waals surface area contributed by atoms with Crippen LogP contribution in [-0.2, 0) is 17.9 Å². The number of hydrogen-bond donors (Lipinski definition) is 0. The van der Waals surface area contributed by atoms with Gasteiger partial charge in [0.05, 0.1) is 0 Å². The van der Waals surface area contributed by atoms with E-state index in [1.807, 2.05) is 30.3 Å². The minimum absolute atomic E-state index is 0. The van der Waals surface area contributed by atoms with Crippen LogP contribution >= 0.6 is 9.58 Å². The Balaban J connectivity index is -0.0000000122. The molecule has 0 unspecified atom stereocenters. The van der Waals surface area contributed by atoms with Gasteiger partial charge in [0, 0.05) is 0 Å². The van der Waals surface area contributed by atoms with E-state index in [0.717, 1.165) is 0 Å². The molecule has 80 valence electrons. The largest absolute Gasteiger partial charge is 0.214 e. The Bertz CT molecular complexity index is 66.3. The zero-order chi connectivity index (χ0) is 5.54. The van der Waals surface area contributed by atoms with Crippen molar-refractivity contribution in [1.29, 1.82) is 0 Å². The van der Waals surface area contributed by atoms with Gasteiger partial charge in [0.1, 0.15) is 0 Å². The maximum atomic E-state index is 4.64. The van der Waals surface area contributed by atoms with E-state index < -0.39 is 0 Å². The maximum Gasteiger partial charge on any atom is -0.172 e. The molecule has 0 spiro atoms. The molecule has 0 N–H and O–H groups in total. The van der Waals surface area contributed by atoms with Crippen molar-refractivity contribution in [3.05, 3.63) is 67.5 Å². The van der Waals surface area contributed by atoms with Crippen LogP contribution in [0, 0.1) is 37.1 Å².